The van der Waals surface area contributed by atoms with Crippen LogP contribution < -0.4 is 10.2 Å². The Morgan fingerprint density at radius 1 is 1.24 bits per heavy atom. The standard InChI is InChI=1S/C25H29ClFN4OPS/c26-23-4-3-22(34-23)17-12-15-2-1-9-30(21(15)13-18(17)24(27)33)25-19-14-28-8-5-20(19)31(29-25)16-6-10-32-11-7-16/h3-4,12-13,16,24,28H,1-2,5-11,14,33H2. The van der Waals surface area contributed by atoms with Crippen LogP contribution in [0.1, 0.15) is 53.6 Å². The molecule has 3 aromatic rings. The van der Waals surface area contributed by atoms with Crippen LogP contribution in [0.3, 0.4) is 0 Å². The van der Waals surface area contributed by atoms with Gasteiger partial charge in [-0.2, -0.15) is 5.10 Å². The molecule has 0 radical (unpaired) electrons. The molecule has 1 saturated heterocycles. The van der Waals surface area contributed by atoms with Gasteiger partial charge in [-0.15, -0.1) is 11.3 Å². The Kier molecular flexibility index (Phi) is 6.42. The molecule has 0 aliphatic carbocycles. The van der Waals surface area contributed by atoms with Gasteiger partial charge in [-0.25, -0.2) is 4.39 Å². The summed E-state index contributed by atoms with van der Waals surface area (Å²) in [6.07, 6.45) is 5.02. The van der Waals surface area contributed by atoms with E-state index in [-0.39, 0.29) is 0 Å². The van der Waals surface area contributed by atoms with Crippen molar-refractivity contribution < 1.29 is 9.13 Å². The lowest BCUT2D eigenvalue weighted by Crippen LogP contribution is -2.29. The number of alkyl halides is 1. The molecule has 3 aliphatic heterocycles. The molecule has 5 heterocycles. The topological polar surface area (TPSA) is 42.3 Å². The van der Waals surface area contributed by atoms with Gasteiger partial charge in [0.1, 0.15) is 5.91 Å². The van der Waals surface area contributed by atoms with Gasteiger partial charge in [0.2, 0.25) is 0 Å². The van der Waals surface area contributed by atoms with Crippen molar-refractivity contribution in [3.05, 3.63) is 51.0 Å². The number of fused-ring (bicyclic) bond motifs is 2. The molecule has 2 aromatic heterocycles. The summed E-state index contributed by atoms with van der Waals surface area (Å²) in [4.78, 5) is 3.35. The Labute approximate surface area is 210 Å². The van der Waals surface area contributed by atoms with Crippen molar-refractivity contribution in [2.75, 3.05) is 31.2 Å². The number of aromatic nitrogens is 2. The fourth-order valence-corrected chi connectivity index (χ4v) is 6.93. The summed E-state index contributed by atoms with van der Waals surface area (Å²) in [5, 5.41) is 8.77. The van der Waals surface area contributed by atoms with E-state index in [4.69, 9.17) is 21.4 Å². The van der Waals surface area contributed by atoms with Crippen molar-refractivity contribution in [3.8, 4) is 10.4 Å². The molecule has 6 rings (SSSR count). The zero-order valence-electron chi connectivity index (χ0n) is 19.0. The highest BCUT2D eigenvalue weighted by Gasteiger charge is 2.31. The molecular formula is C25H29ClFN4OPS. The van der Waals surface area contributed by atoms with Crippen LogP contribution in [0, 0.1) is 0 Å². The number of rotatable bonds is 4. The molecule has 0 spiro atoms. The van der Waals surface area contributed by atoms with E-state index in [0.717, 1.165) is 91.2 Å². The van der Waals surface area contributed by atoms with E-state index in [1.807, 2.05) is 18.2 Å². The number of benzene rings is 1. The molecule has 180 valence electrons. The Hall–Kier alpha value is -1.50. The van der Waals surface area contributed by atoms with Crippen LogP contribution in [0.15, 0.2) is 24.3 Å². The van der Waals surface area contributed by atoms with Gasteiger partial charge in [0.25, 0.3) is 0 Å². The van der Waals surface area contributed by atoms with Gasteiger partial charge in [0.05, 0.1) is 10.4 Å². The van der Waals surface area contributed by atoms with Gasteiger partial charge >= 0.3 is 0 Å². The Balaban J connectivity index is 1.46. The second-order valence-electron chi connectivity index (χ2n) is 9.29. The second kappa shape index (κ2) is 9.51. The maximum Gasteiger partial charge on any atom is 0.159 e. The highest BCUT2D eigenvalue weighted by molar-refractivity contribution is 7.19. The number of ether oxygens (including phenoxy) is 1. The first-order valence-electron chi connectivity index (χ1n) is 12.1. The van der Waals surface area contributed by atoms with Crippen molar-refractivity contribution in [2.45, 2.75) is 50.6 Å². The van der Waals surface area contributed by atoms with Gasteiger partial charge in [-0.1, -0.05) is 20.8 Å². The summed E-state index contributed by atoms with van der Waals surface area (Å²) in [6, 6.07) is 8.49. The molecule has 5 nitrogen and oxygen atoms in total. The minimum Gasteiger partial charge on any atom is -0.381 e. The van der Waals surface area contributed by atoms with Crippen molar-refractivity contribution in [1.82, 2.24) is 15.1 Å². The van der Waals surface area contributed by atoms with Crippen LogP contribution in [-0.4, -0.2) is 36.1 Å². The summed E-state index contributed by atoms with van der Waals surface area (Å²) >= 11 is 7.71. The SMILES string of the molecule is FC(P)c1cc2c(cc1-c1ccc(Cl)s1)CCCN2c1nn(C2CCOCC2)c2c1CNCC2. The molecule has 1 fully saturated rings. The number of aryl methyl sites for hydroxylation is 1. The van der Waals surface area contributed by atoms with E-state index in [1.54, 1.807) is 0 Å². The predicted octanol–water partition coefficient (Wildman–Crippen LogP) is 6.19. The van der Waals surface area contributed by atoms with Crippen LogP contribution in [0.2, 0.25) is 4.34 Å². The van der Waals surface area contributed by atoms with Crippen LogP contribution in [0.25, 0.3) is 10.4 Å². The van der Waals surface area contributed by atoms with Gasteiger partial charge in [0, 0.05) is 66.7 Å². The molecule has 3 aliphatic rings. The van der Waals surface area contributed by atoms with E-state index >= 15 is 0 Å². The van der Waals surface area contributed by atoms with Gasteiger partial charge in [0.15, 0.2) is 5.82 Å². The lowest BCUT2D eigenvalue weighted by atomic mass is 9.94. The van der Waals surface area contributed by atoms with E-state index in [0.29, 0.717) is 11.6 Å². The highest BCUT2D eigenvalue weighted by atomic mass is 35.5. The number of halogens is 2. The van der Waals surface area contributed by atoms with Crippen LogP contribution >= 0.6 is 32.2 Å². The lowest BCUT2D eigenvalue weighted by molar-refractivity contribution is 0.0653. The largest absolute Gasteiger partial charge is 0.381 e. The summed E-state index contributed by atoms with van der Waals surface area (Å²) in [7, 11) is 2.33. The van der Waals surface area contributed by atoms with Crippen LogP contribution in [0.4, 0.5) is 15.9 Å². The Morgan fingerprint density at radius 3 is 2.85 bits per heavy atom. The molecule has 0 saturated carbocycles. The second-order valence-corrected chi connectivity index (χ2v) is 11.6. The quantitative estimate of drug-likeness (QED) is 0.418. The zero-order valence-corrected chi connectivity index (χ0v) is 21.8. The zero-order chi connectivity index (χ0) is 23.2. The van der Waals surface area contributed by atoms with Crippen molar-refractivity contribution in [2.24, 2.45) is 0 Å². The number of thiophene rings is 1. The van der Waals surface area contributed by atoms with E-state index in [1.165, 1.54) is 28.2 Å². The third-order valence-corrected chi connectivity index (χ3v) is 8.86. The molecule has 2 atom stereocenters. The van der Waals surface area contributed by atoms with E-state index < -0.39 is 5.91 Å². The molecule has 0 amide bonds. The molecule has 1 aromatic carbocycles. The third kappa shape index (κ3) is 4.10. The summed E-state index contributed by atoms with van der Waals surface area (Å²) in [5.74, 6) is -0.119. The summed E-state index contributed by atoms with van der Waals surface area (Å²) in [6.45, 7) is 4.29. The fraction of sp³-hybridized carbons (Fsp3) is 0.480. The van der Waals surface area contributed by atoms with Crippen LogP contribution in [-0.2, 0) is 24.1 Å². The van der Waals surface area contributed by atoms with Gasteiger partial charge in [-0.05, 0) is 61.1 Å². The van der Waals surface area contributed by atoms with Gasteiger partial charge < -0.3 is 15.0 Å². The minimum absolute atomic E-state index is 0.391. The summed E-state index contributed by atoms with van der Waals surface area (Å²) in [5.41, 5.74) is 6.61. The van der Waals surface area contributed by atoms with Crippen LogP contribution in [0.5, 0.6) is 0 Å². The molecule has 1 N–H and O–H groups in total. The smallest absolute Gasteiger partial charge is 0.159 e. The van der Waals surface area contributed by atoms with Crippen molar-refractivity contribution in [1.29, 1.82) is 0 Å². The van der Waals surface area contributed by atoms with E-state index in [2.05, 4.69) is 30.2 Å². The fourth-order valence-electron chi connectivity index (χ4n) is 5.57. The monoisotopic (exact) mass is 518 g/mol. The Bertz CT molecular complexity index is 1210. The number of nitrogens with zero attached hydrogens (tertiary/aromatic N) is 3. The molecule has 0 bridgehead atoms. The number of hydrogen-bond donors (Lipinski definition) is 1. The average molecular weight is 519 g/mol. The van der Waals surface area contributed by atoms with Gasteiger partial charge in [-0.3, -0.25) is 4.68 Å². The third-order valence-electron chi connectivity index (χ3n) is 7.24. The normalized spacial score (nSPS) is 19.7. The minimum atomic E-state index is -1.15. The highest BCUT2D eigenvalue weighted by Crippen LogP contribution is 2.45. The maximum absolute atomic E-state index is 14.9. The molecular weight excluding hydrogens is 490 g/mol. The van der Waals surface area contributed by atoms with Crippen molar-refractivity contribution >= 4 is 43.7 Å². The predicted molar refractivity (Wildman–Crippen MR) is 140 cm³/mol. The van der Waals surface area contributed by atoms with E-state index in [9.17, 15) is 4.39 Å². The summed E-state index contributed by atoms with van der Waals surface area (Å²) < 4.78 is 23.5. The lowest BCUT2D eigenvalue weighted by Gasteiger charge is -2.32. The Morgan fingerprint density at radius 2 is 2.09 bits per heavy atom. The average Bonchev–Trinajstić information content (AvgIpc) is 3.47. The first kappa shape index (κ1) is 22.9. The first-order valence-corrected chi connectivity index (χ1v) is 13.9. The maximum atomic E-state index is 14.9. The van der Waals surface area contributed by atoms with Crippen molar-refractivity contribution in [3.63, 3.8) is 0 Å². The molecule has 34 heavy (non-hydrogen) atoms. The number of hydrogen-bond acceptors (Lipinski definition) is 5. The number of nitrogens with one attached hydrogen (secondary N) is 1. The molecule has 9 heteroatoms. The number of anilines is 2. The first-order chi connectivity index (χ1) is 16.6. The molecule has 2 unspecified atom stereocenters.